The maximum Gasteiger partial charge on any atom is 0.310 e. The summed E-state index contributed by atoms with van der Waals surface area (Å²) >= 11 is 6.12. The number of carbonyl (C=O) groups excluding carboxylic acids is 1. The summed E-state index contributed by atoms with van der Waals surface area (Å²) in [7, 11) is 0. The van der Waals surface area contributed by atoms with Crippen molar-refractivity contribution >= 4 is 23.4 Å². The molecule has 1 aliphatic carbocycles. The van der Waals surface area contributed by atoms with Crippen LogP contribution in [0.5, 0.6) is 0 Å². The van der Waals surface area contributed by atoms with Gasteiger partial charge in [-0.2, -0.15) is 0 Å². The predicted octanol–water partition coefficient (Wildman–Crippen LogP) is 4.01. The van der Waals surface area contributed by atoms with Crippen LogP contribution >= 0.6 is 11.6 Å². The Kier molecular flexibility index (Phi) is 5.58. The first-order chi connectivity index (χ1) is 12.9. The summed E-state index contributed by atoms with van der Waals surface area (Å²) in [5.41, 5.74) is -0.401. The summed E-state index contributed by atoms with van der Waals surface area (Å²) in [6.45, 7) is 2.13. The number of ketones is 1. The van der Waals surface area contributed by atoms with Crippen LogP contribution in [0.3, 0.4) is 0 Å². The second-order valence-electron chi connectivity index (χ2n) is 6.82. The Morgan fingerprint density at radius 3 is 2.67 bits per heavy atom. The molecule has 142 valence electrons. The van der Waals surface area contributed by atoms with Crippen LogP contribution in [-0.2, 0) is 4.79 Å². The molecule has 0 amide bonds. The summed E-state index contributed by atoms with van der Waals surface area (Å²) in [5, 5.41) is 12.5. The van der Waals surface area contributed by atoms with E-state index in [1.807, 2.05) is 6.92 Å². The van der Waals surface area contributed by atoms with Gasteiger partial charge in [0.15, 0.2) is 5.78 Å². The average Bonchev–Trinajstić information content (AvgIpc) is 3.45. The maximum absolute atomic E-state index is 15.2. The molecule has 0 spiro atoms. The Morgan fingerprint density at radius 2 is 2.11 bits per heavy atom. The third kappa shape index (κ3) is 3.87. The fraction of sp³-hybridized carbons (Fsp3) is 0.350. The van der Waals surface area contributed by atoms with Crippen molar-refractivity contribution < 1.29 is 19.1 Å². The summed E-state index contributed by atoms with van der Waals surface area (Å²) in [4.78, 5) is 27.9. The van der Waals surface area contributed by atoms with Crippen molar-refractivity contribution in [1.82, 2.24) is 10.3 Å². The summed E-state index contributed by atoms with van der Waals surface area (Å²) in [6, 6.07) is 5.77. The van der Waals surface area contributed by atoms with Gasteiger partial charge in [0.1, 0.15) is 5.82 Å². The molecule has 0 aliphatic heterocycles. The molecule has 1 saturated carbocycles. The largest absolute Gasteiger partial charge is 0.481 e. The molecule has 2 aromatic rings. The Hall–Kier alpha value is -2.31. The van der Waals surface area contributed by atoms with Gasteiger partial charge in [-0.05, 0) is 37.5 Å². The van der Waals surface area contributed by atoms with E-state index in [1.165, 1.54) is 18.5 Å². The van der Waals surface area contributed by atoms with Crippen molar-refractivity contribution in [2.24, 2.45) is 5.41 Å². The fourth-order valence-corrected chi connectivity index (χ4v) is 3.33. The Balaban J connectivity index is 1.89. The quantitative estimate of drug-likeness (QED) is 0.666. The van der Waals surface area contributed by atoms with Gasteiger partial charge < -0.3 is 10.4 Å². The van der Waals surface area contributed by atoms with Gasteiger partial charge in [-0.1, -0.05) is 24.6 Å². The molecule has 1 aromatic carbocycles. The number of hydrogen-bond donors (Lipinski definition) is 2. The number of pyridine rings is 1. The molecule has 27 heavy (non-hydrogen) atoms. The molecule has 0 radical (unpaired) electrons. The maximum atomic E-state index is 15.2. The van der Waals surface area contributed by atoms with Crippen LogP contribution in [0.1, 0.15) is 53.7 Å². The molecular weight excluding hydrogens is 371 g/mol. The first-order valence-electron chi connectivity index (χ1n) is 8.79. The van der Waals surface area contributed by atoms with Crippen LogP contribution in [-0.4, -0.2) is 28.4 Å². The van der Waals surface area contributed by atoms with Crippen LogP contribution in [0.25, 0.3) is 0 Å². The standard InChI is InChI=1S/C20H20ClFN2O3/c1-2-15(24-11-20(7-8-20)19(26)27)13-5-6-14(21)16(17(13)22)18(25)12-4-3-9-23-10-12/h3-6,9-10,15,24H,2,7-8,11H2,1H3,(H,26,27)/t15-/m1/s1. The number of hydrogen-bond acceptors (Lipinski definition) is 4. The highest BCUT2D eigenvalue weighted by Crippen LogP contribution is 2.45. The third-order valence-electron chi connectivity index (χ3n) is 5.05. The molecule has 1 aliphatic rings. The molecule has 0 bridgehead atoms. The normalized spacial score (nSPS) is 16.0. The molecule has 0 saturated heterocycles. The van der Waals surface area contributed by atoms with Crippen molar-refractivity contribution in [2.45, 2.75) is 32.2 Å². The number of benzene rings is 1. The SMILES string of the molecule is CC[C@@H](NCC1(C(=O)O)CC1)c1ccc(Cl)c(C(=O)c2cccnc2)c1F. The number of carboxylic acids is 1. The lowest BCUT2D eigenvalue weighted by Crippen LogP contribution is -2.33. The monoisotopic (exact) mass is 390 g/mol. The lowest BCUT2D eigenvalue weighted by Gasteiger charge is -2.22. The van der Waals surface area contributed by atoms with E-state index in [4.69, 9.17) is 11.6 Å². The summed E-state index contributed by atoms with van der Waals surface area (Å²) in [6.07, 6.45) is 4.65. The van der Waals surface area contributed by atoms with Gasteiger partial charge in [-0.15, -0.1) is 0 Å². The highest BCUT2D eigenvalue weighted by atomic mass is 35.5. The van der Waals surface area contributed by atoms with Crippen molar-refractivity contribution in [3.8, 4) is 0 Å². The summed E-state index contributed by atoms with van der Waals surface area (Å²) < 4.78 is 15.2. The van der Waals surface area contributed by atoms with E-state index in [1.54, 1.807) is 18.2 Å². The first kappa shape index (κ1) is 19.5. The number of halogens is 2. The van der Waals surface area contributed by atoms with E-state index < -0.39 is 29.0 Å². The van der Waals surface area contributed by atoms with Gasteiger partial charge in [0.2, 0.25) is 0 Å². The number of carbonyl (C=O) groups is 2. The molecular formula is C20H20ClFN2O3. The molecule has 7 heteroatoms. The third-order valence-corrected chi connectivity index (χ3v) is 5.36. The van der Waals surface area contributed by atoms with Crippen molar-refractivity contribution in [1.29, 1.82) is 0 Å². The topological polar surface area (TPSA) is 79.3 Å². The second kappa shape index (κ2) is 7.74. The number of aromatic nitrogens is 1. The fourth-order valence-electron chi connectivity index (χ4n) is 3.10. The molecule has 5 nitrogen and oxygen atoms in total. The van der Waals surface area contributed by atoms with Crippen LogP contribution in [0.4, 0.5) is 4.39 Å². The first-order valence-corrected chi connectivity index (χ1v) is 9.17. The van der Waals surface area contributed by atoms with Crippen molar-refractivity contribution in [2.75, 3.05) is 6.54 Å². The lowest BCUT2D eigenvalue weighted by atomic mass is 9.96. The van der Waals surface area contributed by atoms with Crippen LogP contribution in [0.15, 0.2) is 36.7 Å². The van der Waals surface area contributed by atoms with Gasteiger partial charge in [0.25, 0.3) is 0 Å². The molecule has 1 atom stereocenters. The number of nitrogens with zero attached hydrogens (tertiary/aromatic N) is 1. The van der Waals surface area contributed by atoms with Gasteiger partial charge >= 0.3 is 5.97 Å². The Bertz CT molecular complexity index is 869. The van der Waals surface area contributed by atoms with Crippen LogP contribution < -0.4 is 5.32 Å². The number of carboxylic acid groups (broad SMARTS) is 1. The number of nitrogens with one attached hydrogen (secondary N) is 1. The average molecular weight is 391 g/mol. The molecule has 1 aromatic heterocycles. The Labute approximate surface area is 161 Å². The van der Waals surface area contributed by atoms with Gasteiger partial charge in [-0.3, -0.25) is 14.6 Å². The van der Waals surface area contributed by atoms with Crippen LogP contribution in [0.2, 0.25) is 5.02 Å². The predicted molar refractivity (Wildman–Crippen MR) is 99.4 cm³/mol. The highest BCUT2D eigenvalue weighted by Gasteiger charge is 2.50. The minimum absolute atomic E-state index is 0.0316. The van der Waals surface area contributed by atoms with Crippen LogP contribution in [0, 0.1) is 11.2 Å². The van der Waals surface area contributed by atoms with E-state index in [2.05, 4.69) is 10.3 Å². The van der Waals surface area contributed by atoms with Gasteiger partial charge in [0.05, 0.1) is 16.0 Å². The van der Waals surface area contributed by atoms with E-state index in [9.17, 15) is 14.7 Å². The zero-order valence-electron chi connectivity index (χ0n) is 14.8. The zero-order valence-corrected chi connectivity index (χ0v) is 15.6. The van der Waals surface area contributed by atoms with E-state index in [0.717, 1.165) is 0 Å². The number of aliphatic carboxylic acids is 1. The van der Waals surface area contributed by atoms with Gasteiger partial charge in [-0.25, -0.2) is 4.39 Å². The highest BCUT2D eigenvalue weighted by molar-refractivity contribution is 6.35. The lowest BCUT2D eigenvalue weighted by molar-refractivity contribution is -0.143. The van der Waals surface area contributed by atoms with E-state index in [0.29, 0.717) is 24.8 Å². The molecule has 2 N–H and O–H groups in total. The molecule has 1 fully saturated rings. The Morgan fingerprint density at radius 1 is 1.37 bits per heavy atom. The smallest absolute Gasteiger partial charge is 0.310 e. The summed E-state index contributed by atoms with van der Waals surface area (Å²) in [5.74, 6) is -2.06. The minimum Gasteiger partial charge on any atom is -0.481 e. The molecule has 1 heterocycles. The van der Waals surface area contributed by atoms with Gasteiger partial charge in [0, 0.05) is 36.1 Å². The van der Waals surface area contributed by atoms with Crippen molar-refractivity contribution in [3.05, 3.63) is 64.2 Å². The number of rotatable bonds is 8. The molecule has 0 unspecified atom stereocenters. The van der Waals surface area contributed by atoms with E-state index >= 15 is 4.39 Å². The minimum atomic E-state index is -0.839. The zero-order chi connectivity index (χ0) is 19.6. The van der Waals surface area contributed by atoms with Crippen molar-refractivity contribution in [3.63, 3.8) is 0 Å². The van der Waals surface area contributed by atoms with E-state index in [-0.39, 0.29) is 22.7 Å². The second-order valence-corrected chi connectivity index (χ2v) is 7.23. The molecule has 3 rings (SSSR count).